The van der Waals surface area contributed by atoms with Crippen LogP contribution in [0.5, 0.6) is 0 Å². The van der Waals surface area contributed by atoms with Crippen molar-refractivity contribution in [1.29, 1.82) is 0 Å². The fourth-order valence-electron chi connectivity index (χ4n) is 2.72. The lowest BCUT2D eigenvalue weighted by Gasteiger charge is -2.27. The molecule has 0 aromatic carbocycles. The first-order valence-electron chi connectivity index (χ1n) is 8.04. The Morgan fingerprint density at radius 2 is 2.04 bits per heavy atom. The van der Waals surface area contributed by atoms with Crippen LogP contribution in [0.2, 0.25) is 0 Å². The number of hydrogen-bond donors (Lipinski definition) is 0. The van der Waals surface area contributed by atoms with Crippen LogP contribution in [-0.2, 0) is 16.5 Å². The van der Waals surface area contributed by atoms with E-state index in [1.807, 2.05) is 25.7 Å². The average molecular weight is 355 g/mol. The maximum Gasteiger partial charge on any atom is 0.410 e. The first-order valence-corrected chi connectivity index (χ1v) is 8.04. The Morgan fingerprint density at radius 3 is 2.60 bits per heavy atom. The number of hydrogen-bond acceptors (Lipinski definition) is 7. The van der Waals surface area contributed by atoms with Crippen molar-refractivity contribution in [3.63, 3.8) is 0 Å². The molecule has 2 heterocycles. The zero-order valence-electron chi connectivity index (χ0n) is 15.3. The normalized spacial score (nSPS) is 18.8. The number of rotatable bonds is 3. The van der Waals surface area contributed by atoms with Crippen LogP contribution in [0.15, 0.2) is 6.20 Å². The van der Waals surface area contributed by atoms with Gasteiger partial charge in [-0.2, -0.15) is 5.10 Å². The molecule has 0 bridgehead atoms. The minimum Gasteiger partial charge on any atom is -0.444 e. The summed E-state index contributed by atoms with van der Waals surface area (Å²) in [6.45, 7) is 6.98. The maximum atomic E-state index is 12.4. The minimum atomic E-state index is -0.591. The molecule has 1 aromatic heterocycles. The number of aromatic nitrogens is 2. The minimum absolute atomic E-state index is 0.0666. The molecular formula is C15H25N5O5. The molecule has 10 nitrogen and oxygen atoms in total. The van der Waals surface area contributed by atoms with Gasteiger partial charge in [-0.3, -0.25) is 10.1 Å². The molecule has 1 saturated heterocycles. The summed E-state index contributed by atoms with van der Waals surface area (Å²) in [5.41, 5.74) is -0.657. The van der Waals surface area contributed by atoms with Gasteiger partial charge in [-0.1, -0.05) is 0 Å². The molecule has 2 rings (SSSR count). The summed E-state index contributed by atoms with van der Waals surface area (Å²) < 4.78 is 12.4. The Balaban J connectivity index is 2.21. The summed E-state index contributed by atoms with van der Waals surface area (Å²) in [6, 6.07) is 0. The van der Waals surface area contributed by atoms with E-state index >= 15 is 0 Å². The largest absolute Gasteiger partial charge is 0.444 e. The topological polar surface area (TPSA) is 103 Å². The molecule has 0 aliphatic carbocycles. The second-order valence-electron chi connectivity index (χ2n) is 6.96. The molecule has 1 aromatic rings. The van der Waals surface area contributed by atoms with E-state index in [0.717, 1.165) is 0 Å². The third-order valence-electron chi connectivity index (χ3n) is 3.86. The predicted octanol–water partition coefficient (Wildman–Crippen LogP) is 1.40. The summed E-state index contributed by atoms with van der Waals surface area (Å²) in [4.78, 5) is 26.6. The molecule has 10 heteroatoms. The monoisotopic (exact) mass is 355 g/mol. The van der Waals surface area contributed by atoms with E-state index in [1.54, 1.807) is 19.1 Å². The standard InChI is InChI=1S/C15H25N5O5/c1-15(2,3)25-14(21)19-7-6-18(9-11(10-19)24-5)13-12(20(22)23)8-16-17(13)4/h8,11H,6-7,9-10H2,1-5H3. The van der Waals surface area contributed by atoms with Crippen LogP contribution in [0, 0.1) is 10.1 Å². The van der Waals surface area contributed by atoms with Gasteiger partial charge in [-0.05, 0) is 20.8 Å². The van der Waals surface area contributed by atoms with Gasteiger partial charge in [0.05, 0.1) is 17.6 Å². The molecule has 1 aliphatic rings. The molecule has 0 N–H and O–H groups in total. The molecule has 0 saturated carbocycles. The number of methoxy groups -OCH3 is 1. The molecule has 0 radical (unpaired) electrons. The molecule has 1 fully saturated rings. The molecule has 1 unspecified atom stereocenters. The van der Waals surface area contributed by atoms with Gasteiger partial charge in [0.25, 0.3) is 0 Å². The number of amides is 1. The number of nitrogens with zero attached hydrogens (tertiary/aromatic N) is 5. The quantitative estimate of drug-likeness (QED) is 0.596. The lowest BCUT2D eigenvalue weighted by Crippen LogP contribution is -2.41. The predicted molar refractivity (Wildman–Crippen MR) is 90.7 cm³/mol. The zero-order valence-corrected chi connectivity index (χ0v) is 15.3. The van der Waals surface area contributed by atoms with E-state index in [9.17, 15) is 14.9 Å². The van der Waals surface area contributed by atoms with Crippen LogP contribution < -0.4 is 4.90 Å². The van der Waals surface area contributed by atoms with Crippen LogP contribution in [0.3, 0.4) is 0 Å². The van der Waals surface area contributed by atoms with Gasteiger partial charge in [0.15, 0.2) is 0 Å². The first kappa shape index (κ1) is 19.0. The van der Waals surface area contributed by atoms with E-state index in [2.05, 4.69) is 5.10 Å². The SMILES string of the molecule is COC1CN(C(=O)OC(C)(C)C)CCN(c2c([N+](=O)[O-])cnn2C)C1. The van der Waals surface area contributed by atoms with Crippen molar-refractivity contribution in [2.24, 2.45) is 7.05 Å². The first-order chi connectivity index (χ1) is 11.6. The Labute approximate surface area is 146 Å². The zero-order chi connectivity index (χ0) is 18.8. The van der Waals surface area contributed by atoms with Gasteiger partial charge in [-0.25, -0.2) is 9.48 Å². The Kier molecular flexibility index (Phi) is 5.51. The fourth-order valence-corrected chi connectivity index (χ4v) is 2.72. The number of carbonyl (C=O) groups excluding carboxylic acids is 1. The third-order valence-corrected chi connectivity index (χ3v) is 3.86. The van der Waals surface area contributed by atoms with E-state index < -0.39 is 16.6 Å². The lowest BCUT2D eigenvalue weighted by atomic mass is 10.2. The van der Waals surface area contributed by atoms with Gasteiger partial charge >= 0.3 is 11.8 Å². The number of ether oxygens (including phenoxy) is 2. The van der Waals surface area contributed by atoms with E-state index in [0.29, 0.717) is 32.0 Å². The van der Waals surface area contributed by atoms with Crippen molar-refractivity contribution in [1.82, 2.24) is 14.7 Å². The van der Waals surface area contributed by atoms with Crippen LogP contribution >= 0.6 is 0 Å². The van der Waals surface area contributed by atoms with Crippen molar-refractivity contribution in [2.45, 2.75) is 32.5 Å². The van der Waals surface area contributed by atoms with Crippen molar-refractivity contribution < 1.29 is 19.2 Å². The summed E-state index contributed by atoms with van der Waals surface area (Å²) >= 11 is 0. The molecule has 0 spiro atoms. The number of nitro groups is 1. The highest BCUT2D eigenvalue weighted by Crippen LogP contribution is 2.28. The van der Waals surface area contributed by atoms with Gasteiger partial charge in [0.2, 0.25) is 5.82 Å². The van der Waals surface area contributed by atoms with Crippen molar-refractivity contribution in [3.05, 3.63) is 16.3 Å². The molecule has 25 heavy (non-hydrogen) atoms. The Hall–Kier alpha value is -2.36. The van der Waals surface area contributed by atoms with Crippen LogP contribution in [0.4, 0.5) is 16.3 Å². The molecule has 1 aliphatic heterocycles. The Bertz CT molecular complexity index is 639. The second-order valence-corrected chi connectivity index (χ2v) is 6.96. The summed E-state index contributed by atoms with van der Waals surface area (Å²) in [7, 11) is 3.21. The molecule has 1 atom stereocenters. The summed E-state index contributed by atoms with van der Waals surface area (Å²) in [6.07, 6.45) is 0.508. The summed E-state index contributed by atoms with van der Waals surface area (Å²) in [5.74, 6) is 0.401. The molecular weight excluding hydrogens is 330 g/mol. The van der Waals surface area contributed by atoms with Gasteiger partial charge < -0.3 is 19.3 Å². The van der Waals surface area contributed by atoms with E-state index in [4.69, 9.17) is 9.47 Å². The van der Waals surface area contributed by atoms with E-state index in [1.165, 1.54) is 10.9 Å². The summed E-state index contributed by atoms with van der Waals surface area (Å²) in [5, 5.41) is 15.2. The second kappa shape index (κ2) is 7.26. The van der Waals surface area contributed by atoms with Crippen LogP contribution in [0.25, 0.3) is 0 Å². The van der Waals surface area contributed by atoms with Gasteiger partial charge in [0, 0.05) is 33.8 Å². The Morgan fingerprint density at radius 1 is 1.36 bits per heavy atom. The smallest absolute Gasteiger partial charge is 0.410 e. The van der Waals surface area contributed by atoms with E-state index in [-0.39, 0.29) is 11.8 Å². The highest BCUT2D eigenvalue weighted by atomic mass is 16.6. The fraction of sp³-hybridized carbons (Fsp3) is 0.733. The third kappa shape index (κ3) is 4.59. The van der Waals surface area contributed by atoms with Crippen molar-refractivity contribution >= 4 is 17.6 Å². The lowest BCUT2D eigenvalue weighted by molar-refractivity contribution is -0.384. The van der Waals surface area contributed by atoms with Crippen LogP contribution in [0.1, 0.15) is 20.8 Å². The van der Waals surface area contributed by atoms with Gasteiger partial charge in [0.1, 0.15) is 11.8 Å². The highest BCUT2D eigenvalue weighted by Gasteiger charge is 2.32. The molecule has 1 amide bonds. The van der Waals surface area contributed by atoms with Gasteiger partial charge in [-0.15, -0.1) is 0 Å². The maximum absolute atomic E-state index is 12.4. The average Bonchev–Trinajstić information content (AvgIpc) is 2.76. The number of anilines is 1. The van der Waals surface area contributed by atoms with Crippen molar-refractivity contribution in [3.8, 4) is 0 Å². The highest BCUT2D eigenvalue weighted by molar-refractivity contribution is 5.68. The van der Waals surface area contributed by atoms with Crippen molar-refractivity contribution in [2.75, 3.05) is 38.2 Å². The van der Waals surface area contributed by atoms with Crippen LogP contribution in [-0.4, -0.2) is 70.7 Å². The number of aryl methyl sites for hydroxylation is 1. The number of carbonyl (C=O) groups is 1. The molecule has 140 valence electrons.